The van der Waals surface area contributed by atoms with E-state index in [1.54, 1.807) is 12.2 Å². The molecule has 40 heavy (non-hydrogen) atoms. The van der Waals surface area contributed by atoms with E-state index in [0.29, 0.717) is 12.7 Å². The van der Waals surface area contributed by atoms with Gasteiger partial charge in [0.25, 0.3) is 0 Å². The Morgan fingerprint density at radius 3 is 1.27 bits per heavy atom. The summed E-state index contributed by atoms with van der Waals surface area (Å²) >= 11 is 0. The molecule has 0 N–H and O–H groups in total. The number of ketones is 1. The van der Waals surface area contributed by atoms with E-state index in [9.17, 15) is 9.59 Å². The highest BCUT2D eigenvalue weighted by Gasteiger charge is 2.07. The van der Waals surface area contributed by atoms with Gasteiger partial charge in [-0.3, -0.25) is 9.59 Å². The van der Waals surface area contributed by atoms with Gasteiger partial charge in [-0.25, -0.2) is 0 Å². The Morgan fingerprint density at radius 2 is 0.825 bits per heavy atom. The summed E-state index contributed by atoms with van der Waals surface area (Å²) in [5.74, 6) is -0.0447. The number of carbonyl (C=O) groups excluding carboxylic acids is 2. The van der Waals surface area contributed by atoms with Gasteiger partial charge in [0.2, 0.25) is 0 Å². The Bertz CT molecular complexity index is 747. The molecule has 2 heteroatoms. The van der Waals surface area contributed by atoms with Crippen LogP contribution in [0.4, 0.5) is 0 Å². The molecule has 2 nitrogen and oxygen atoms in total. The molecule has 0 rings (SSSR count). The molecule has 226 valence electrons. The van der Waals surface area contributed by atoms with Crippen molar-refractivity contribution in [2.75, 3.05) is 0 Å². The van der Waals surface area contributed by atoms with Gasteiger partial charge in [0, 0.05) is 6.42 Å². The monoisotopic (exact) mass is 550 g/mol. The summed E-state index contributed by atoms with van der Waals surface area (Å²) in [6.07, 6.45) is 49.9. The number of hydrogen-bond acceptors (Lipinski definition) is 2. The van der Waals surface area contributed by atoms with Crippen LogP contribution in [-0.2, 0) is 9.59 Å². The second kappa shape index (κ2) is 33.0. The number of rotatable bonds is 29. The fraction of sp³-hybridized carbons (Fsp3) is 0.632. The Balaban J connectivity index is 3.85. The Hall–Kier alpha value is -2.22. The van der Waals surface area contributed by atoms with Crippen LogP contribution in [0.3, 0.4) is 0 Å². The van der Waals surface area contributed by atoms with Gasteiger partial charge in [0.05, 0.1) is 5.57 Å². The first-order chi connectivity index (χ1) is 19.8. The molecule has 0 aliphatic rings. The van der Waals surface area contributed by atoms with Crippen molar-refractivity contribution in [1.82, 2.24) is 0 Å². The average molecular weight is 551 g/mol. The molecule has 0 heterocycles. The van der Waals surface area contributed by atoms with Crippen LogP contribution >= 0.6 is 0 Å². The van der Waals surface area contributed by atoms with Crippen molar-refractivity contribution in [3.8, 4) is 0 Å². The van der Waals surface area contributed by atoms with E-state index in [1.807, 2.05) is 36.5 Å². The highest BCUT2D eigenvalue weighted by molar-refractivity contribution is 6.11. The zero-order valence-electron chi connectivity index (χ0n) is 26.3. The lowest BCUT2D eigenvalue weighted by Crippen LogP contribution is -2.03. The van der Waals surface area contributed by atoms with Crippen molar-refractivity contribution in [2.24, 2.45) is 0 Å². The lowest BCUT2D eigenvalue weighted by atomic mass is 10.0. The number of aldehydes is 1. The third-order valence-electron chi connectivity index (χ3n) is 7.23. The summed E-state index contributed by atoms with van der Waals surface area (Å²) in [4.78, 5) is 23.6. The van der Waals surface area contributed by atoms with Crippen molar-refractivity contribution in [3.63, 3.8) is 0 Å². The van der Waals surface area contributed by atoms with Gasteiger partial charge in [-0.05, 0) is 25.3 Å². The largest absolute Gasteiger partial charge is 0.298 e. The van der Waals surface area contributed by atoms with E-state index < -0.39 is 0 Å². The van der Waals surface area contributed by atoms with Gasteiger partial charge in [-0.1, -0.05) is 190 Å². The van der Waals surface area contributed by atoms with Crippen LogP contribution < -0.4 is 0 Å². The molecule has 0 aliphatic carbocycles. The summed E-state index contributed by atoms with van der Waals surface area (Å²) < 4.78 is 0. The minimum absolute atomic E-state index is 0.0447. The van der Waals surface area contributed by atoms with Crippen LogP contribution in [0.5, 0.6) is 0 Å². The van der Waals surface area contributed by atoms with Crippen LogP contribution in [0.1, 0.15) is 155 Å². The normalized spacial score (nSPS) is 12.8. The van der Waals surface area contributed by atoms with E-state index in [0.717, 1.165) is 19.3 Å². The van der Waals surface area contributed by atoms with Crippen molar-refractivity contribution in [1.29, 1.82) is 0 Å². The zero-order valence-corrected chi connectivity index (χ0v) is 26.3. The molecule has 0 fully saturated rings. The molecule has 0 atom stereocenters. The summed E-state index contributed by atoms with van der Waals surface area (Å²) in [5, 5.41) is 0. The number of hydrogen-bond donors (Lipinski definition) is 0. The first-order valence-corrected chi connectivity index (χ1v) is 16.8. The molecular formula is C38H62O2. The molecule has 0 aromatic carbocycles. The summed E-state index contributed by atoms with van der Waals surface area (Å²) in [5.41, 5.74) is 0.269. The maximum absolute atomic E-state index is 12.3. The Kier molecular flexibility index (Phi) is 31.2. The molecular weight excluding hydrogens is 488 g/mol. The second-order valence-corrected chi connectivity index (χ2v) is 11.0. The maximum Gasteiger partial charge on any atom is 0.166 e. The zero-order chi connectivity index (χ0) is 29.2. The fourth-order valence-corrected chi connectivity index (χ4v) is 4.65. The first kappa shape index (κ1) is 37.8. The van der Waals surface area contributed by atoms with Crippen LogP contribution in [0, 0.1) is 0 Å². The molecule has 0 aliphatic heterocycles. The highest BCUT2D eigenvalue weighted by atomic mass is 16.1. The van der Waals surface area contributed by atoms with E-state index in [4.69, 9.17) is 0 Å². The van der Waals surface area contributed by atoms with E-state index in [2.05, 4.69) is 32.1 Å². The lowest BCUT2D eigenvalue weighted by Gasteiger charge is -2.03. The van der Waals surface area contributed by atoms with Gasteiger partial charge in [0.15, 0.2) is 12.1 Å². The molecule has 0 bridgehead atoms. The van der Waals surface area contributed by atoms with Crippen molar-refractivity contribution < 1.29 is 9.59 Å². The molecule has 0 unspecified atom stereocenters. The van der Waals surface area contributed by atoms with E-state index >= 15 is 0 Å². The van der Waals surface area contributed by atoms with Crippen molar-refractivity contribution in [3.05, 3.63) is 72.4 Å². The minimum atomic E-state index is -0.0447. The van der Waals surface area contributed by atoms with Gasteiger partial charge < -0.3 is 0 Å². The smallest absolute Gasteiger partial charge is 0.166 e. The van der Waals surface area contributed by atoms with Crippen LogP contribution in [0.25, 0.3) is 0 Å². The highest BCUT2D eigenvalue weighted by Crippen LogP contribution is 2.14. The predicted molar refractivity (Wildman–Crippen MR) is 178 cm³/mol. The number of carbonyl (C=O) groups is 2. The molecule has 0 radical (unpaired) electrons. The Labute approximate surface area is 248 Å². The first-order valence-electron chi connectivity index (χ1n) is 16.8. The van der Waals surface area contributed by atoms with Gasteiger partial charge in [-0.15, -0.1) is 0 Å². The van der Waals surface area contributed by atoms with Crippen molar-refractivity contribution >= 4 is 12.1 Å². The molecule has 0 saturated carbocycles. The van der Waals surface area contributed by atoms with Gasteiger partial charge in [0.1, 0.15) is 0 Å². The Morgan fingerprint density at radius 1 is 0.450 bits per heavy atom. The lowest BCUT2D eigenvalue weighted by molar-refractivity contribution is -0.117. The number of allylic oxidation sites excluding steroid dienone is 12. The van der Waals surface area contributed by atoms with E-state index in [1.165, 1.54) is 116 Å². The molecule has 0 amide bonds. The van der Waals surface area contributed by atoms with Gasteiger partial charge in [-0.2, -0.15) is 0 Å². The maximum atomic E-state index is 12.3. The topological polar surface area (TPSA) is 34.1 Å². The fourth-order valence-electron chi connectivity index (χ4n) is 4.65. The molecule has 0 saturated heterocycles. The number of unbranched alkanes of at least 4 members (excludes halogenated alkanes) is 19. The van der Waals surface area contributed by atoms with Crippen LogP contribution in [0.15, 0.2) is 72.4 Å². The average Bonchev–Trinajstić information content (AvgIpc) is 2.96. The SMILES string of the molecule is CCCCCCCCCC=CC=CC=CC=CC=CC=C(C=O)C(=O)CCCCCCCCCCCCCCC. The quantitative estimate of drug-likeness (QED) is 0.0232. The summed E-state index contributed by atoms with van der Waals surface area (Å²) in [6.45, 7) is 4.53. The summed E-state index contributed by atoms with van der Waals surface area (Å²) in [6, 6.07) is 0. The van der Waals surface area contributed by atoms with Crippen LogP contribution in [-0.4, -0.2) is 12.1 Å². The minimum Gasteiger partial charge on any atom is -0.298 e. The standard InChI is InChI=1S/C38H62O2/c1-3-5-7-9-11-13-15-17-18-19-20-21-23-24-26-28-30-32-34-37(36-39)38(40)35-33-31-29-27-25-22-16-14-12-10-8-6-4-2/h18-21,23-24,26,28,30,32,34,36H,3-17,22,25,27,29,31,33,35H2,1-2H3. The second-order valence-electron chi connectivity index (χ2n) is 11.0. The molecule has 0 spiro atoms. The van der Waals surface area contributed by atoms with Gasteiger partial charge >= 0.3 is 0 Å². The van der Waals surface area contributed by atoms with Crippen molar-refractivity contribution in [2.45, 2.75) is 155 Å². The third kappa shape index (κ3) is 28.8. The number of Topliss-reactive ketones (excluding diaryl/α,β-unsaturated/α-hetero) is 1. The molecule has 0 aromatic rings. The summed E-state index contributed by atoms with van der Waals surface area (Å²) in [7, 11) is 0. The predicted octanol–water partition coefficient (Wildman–Crippen LogP) is 12.1. The third-order valence-corrected chi connectivity index (χ3v) is 7.23. The van der Waals surface area contributed by atoms with Crippen LogP contribution in [0.2, 0.25) is 0 Å². The molecule has 0 aromatic heterocycles. The van der Waals surface area contributed by atoms with E-state index in [-0.39, 0.29) is 11.4 Å².